The highest BCUT2D eigenvalue weighted by Crippen LogP contribution is 2.36. The molecule has 4 aromatic heterocycles. The first-order valence-electron chi connectivity index (χ1n) is 7.39. The molecule has 5 rings (SSSR count). The van der Waals surface area contributed by atoms with Crippen LogP contribution in [0.2, 0.25) is 0 Å². The molecule has 24 heavy (non-hydrogen) atoms. The van der Waals surface area contributed by atoms with E-state index in [1.54, 1.807) is 17.5 Å². The molecule has 0 aliphatic carbocycles. The molecular formula is C17H10N6S. The fraction of sp³-hybridized carbons (Fsp3) is 0. The van der Waals surface area contributed by atoms with Crippen molar-refractivity contribution >= 4 is 27.8 Å². The van der Waals surface area contributed by atoms with Gasteiger partial charge < -0.3 is 0 Å². The normalized spacial score (nSPS) is 11.3. The van der Waals surface area contributed by atoms with Gasteiger partial charge in [-0.2, -0.15) is 0 Å². The highest BCUT2D eigenvalue weighted by Gasteiger charge is 2.14. The van der Waals surface area contributed by atoms with Gasteiger partial charge in [0.25, 0.3) is 0 Å². The number of fused-ring (bicyclic) bond motifs is 3. The summed E-state index contributed by atoms with van der Waals surface area (Å²) in [5, 5.41) is 18.4. The molecule has 0 atom stereocenters. The molecule has 0 saturated heterocycles. The van der Waals surface area contributed by atoms with Crippen LogP contribution in [0.5, 0.6) is 0 Å². The summed E-state index contributed by atoms with van der Waals surface area (Å²) in [6.07, 6.45) is 1.80. The van der Waals surface area contributed by atoms with Crippen molar-refractivity contribution in [1.29, 1.82) is 0 Å². The predicted octanol–water partition coefficient (Wildman–Crippen LogP) is 3.46. The van der Waals surface area contributed by atoms with Crippen LogP contribution in [-0.4, -0.2) is 30.2 Å². The number of pyridine rings is 1. The summed E-state index contributed by atoms with van der Waals surface area (Å²) in [6, 6.07) is 18.1. The van der Waals surface area contributed by atoms with Crippen LogP contribution in [-0.2, 0) is 0 Å². The van der Waals surface area contributed by atoms with Gasteiger partial charge >= 0.3 is 0 Å². The van der Waals surface area contributed by atoms with Gasteiger partial charge in [-0.1, -0.05) is 30.3 Å². The van der Waals surface area contributed by atoms with Crippen molar-refractivity contribution in [2.24, 2.45) is 0 Å². The highest BCUT2D eigenvalue weighted by molar-refractivity contribution is 7.18. The summed E-state index contributed by atoms with van der Waals surface area (Å²) >= 11 is 1.66. The van der Waals surface area contributed by atoms with Gasteiger partial charge in [0.1, 0.15) is 5.69 Å². The molecule has 0 N–H and O–H groups in total. The maximum absolute atomic E-state index is 4.61. The number of tetrazole rings is 1. The number of benzene rings is 1. The Morgan fingerprint density at radius 2 is 1.67 bits per heavy atom. The van der Waals surface area contributed by atoms with E-state index in [2.05, 4.69) is 37.7 Å². The molecule has 114 valence electrons. The second-order valence-corrected chi connectivity index (χ2v) is 6.35. The third kappa shape index (κ3) is 1.99. The fourth-order valence-electron chi connectivity index (χ4n) is 2.74. The van der Waals surface area contributed by atoms with E-state index in [0.717, 1.165) is 31.9 Å². The zero-order chi connectivity index (χ0) is 15.9. The first-order valence-corrected chi connectivity index (χ1v) is 8.20. The second kappa shape index (κ2) is 5.17. The van der Waals surface area contributed by atoms with Gasteiger partial charge in [0.05, 0.1) is 15.4 Å². The van der Waals surface area contributed by atoms with Gasteiger partial charge in [-0.05, 0) is 34.7 Å². The monoisotopic (exact) mass is 330 g/mol. The zero-order valence-electron chi connectivity index (χ0n) is 12.4. The molecule has 0 bridgehead atoms. The van der Waals surface area contributed by atoms with Gasteiger partial charge in [-0.15, -0.1) is 26.2 Å². The van der Waals surface area contributed by atoms with Crippen LogP contribution in [0.3, 0.4) is 0 Å². The van der Waals surface area contributed by atoms with Crippen LogP contribution < -0.4 is 0 Å². The van der Waals surface area contributed by atoms with Crippen LogP contribution in [0.1, 0.15) is 0 Å². The zero-order valence-corrected chi connectivity index (χ0v) is 13.2. The van der Waals surface area contributed by atoms with Crippen LogP contribution >= 0.6 is 11.3 Å². The molecule has 1 aromatic carbocycles. The maximum atomic E-state index is 4.61. The van der Waals surface area contributed by atoms with Crippen molar-refractivity contribution < 1.29 is 0 Å². The van der Waals surface area contributed by atoms with Gasteiger partial charge in [0.2, 0.25) is 5.65 Å². The van der Waals surface area contributed by atoms with Crippen molar-refractivity contribution in [2.45, 2.75) is 0 Å². The largest absolute Gasteiger partial charge is 0.255 e. The Hall–Kier alpha value is -3.19. The Bertz CT molecular complexity index is 1160. The molecule has 0 amide bonds. The Morgan fingerprint density at radius 1 is 0.833 bits per heavy atom. The molecule has 0 unspecified atom stereocenters. The molecule has 0 aliphatic rings. The summed E-state index contributed by atoms with van der Waals surface area (Å²) in [5.74, 6) is 0. The summed E-state index contributed by atoms with van der Waals surface area (Å²) in [4.78, 5) is 6.58. The van der Waals surface area contributed by atoms with Crippen molar-refractivity contribution in [3.05, 3.63) is 60.8 Å². The first kappa shape index (κ1) is 13.3. The molecular weight excluding hydrogens is 320 g/mol. The minimum Gasteiger partial charge on any atom is -0.255 e. The molecule has 0 saturated carbocycles. The van der Waals surface area contributed by atoms with E-state index in [9.17, 15) is 0 Å². The molecule has 0 aliphatic heterocycles. The van der Waals surface area contributed by atoms with Crippen LogP contribution in [0.25, 0.3) is 37.6 Å². The lowest BCUT2D eigenvalue weighted by Gasteiger charge is -2.04. The topological polar surface area (TPSA) is 68.9 Å². The standard InChI is InChI=1S/C17H10N6S/c1-2-6-12-11(5-1)16(20-23-17(12)19-21-22-23)15-9-8-14(24-15)13-7-3-4-10-18-13/h1-10H. The van der Waals surface area contributed by atoms with E-state index in [4.69, 9.17) is 0 Å². The summed E-state index contributed by atoms with van der Waals surface area (Å²) in [6.45, 7) is 0. The Morgan fingerprint density at radius 3 is 2.54 bits per heavy atom. The Balaban J connectivity index is 1.75. The quantitative estimate of drug-likeness (QED) is 0.496. The minimum atomic E-state index is 0.663. The van der Waals surface area contributed by atoms with Crippen molar-refractivity contribution in [1.82, 2.24) is 30.2 Å². The Labute approximate surface area is 140 Å². The first-order chi connectivity index (χ1) is 11.9. The summed E-state index contributed by atoms with van der Waals surface area (Å²) in [5.41, 5.74) is 2.50. The molecule has 5 aromatic rings. The van der Waals surface area contributed by atoms with Crippen LogP contribution in [0.4, 0.5) is 0 Å². The third-order valence-electron chi connectivity index (χ3n) is 3.83. The molecule has 6 nitrogen and oxygen atoms in total. The molecule has 0 radical (unpaired) electrons. The SMILES string of the molecule is c1ccc(-c2ccc(-c3nn4nnnc4c4ccccc34)s2)nc1. The van der Waals surface area contributed by atoms with Crippen LogP contribution in [0.15, 0.2) is 60.8 Å². The lowest BCUT2D eigenvalue weighted by Crippen LogP contribution is -1.97. The lowest BCUT2D eigenvalue weighted by atomic mass is 10.1. The number of thiophene rings is 1. The third-order valence-corrected chi connectivity index (χ3v) is 4.94. The number of hydrogen-bond acceptors (Lipinski definition) is 6. The number of rotatable bonds is 2. The summed E-state index contributed by atoms with van der Waals surface area (Å²) in [7, 11) is 0. The molecule has 0 spiro atoms. The fourth-order valence-corrected chi connectivity index (χ4v) is 3.72. The van der Waals surface area contributed by atoms with E-state index in [-0.39, 0.29) is 0 Å². The van der Waals surface area contributed by atoms with Gasteiger partial charge in [0.15, 0.2) is 0 Å². The number of nitrogens with zero attached hydrogens (tertiary/aromatic N) is 6. The molecule has 7 heteroatoms. The van der Waals surface area contributed by atoms with Crippen molar-refractivity contribution in [3.63, 3.8) is 0 Å². The average molecular weight is 330 g/mol. The van der Waals surface area contributed by atoms with Gasteiger partial charge in [-0.3, -0.25) is 4.98 Å². The number of hydrogen-bond donors (Lipinski definition) is 0. The smallest absolute Gasteiger partial charge is 0.207 e. The average Bonchev–Trinajstić information content (AvgIpc) is 3.31. The van der Waals surface area contributed by atoms with E-state index in [0.29, 0.717) is 5.65 Å². The van der Waals surface area contributed by atoms with Gasteiger partial charge in [0, 0.05) is 17.0 Å². The van der Waals surface area contributed by atoms with Crippen LogP contribution in [0, 0.1) is 0 Å². The van der Waals surface area contributed by atoms with Crippen molar-refractivity contribution in [2.75, 3.05) is 0 Å². The van der Waals surface area contributed by atoms with E-state index in [1.165, 1.54) is 4.63 Å². The van der Waals surface area contributed by atoms with E-state index < -0.39 is 0 Å². The van der Waals surface area contributed by atoms with E-state index >= 15 is 0 Å². The second-order valence-electron chi connectivity index (χ2n) is 5.27. The van der Waals surface area contributed by atoms with E-state index in [1.807, 2.05) is 42.5 Å². The minimum absolute atomic E-state index is 0.663. The van der Waals surface area contributed by atoms with Gasteiger partial charge in [-0.25, -0.2) is 0 Å². The predicted molar refractivity (Wildman–Crippen MR) is 92.6 cm³/mol. The maximum Gasteiger partial charge on any atom is 0.207 e. The van der Waals surface area contributed by atoms with Crippen molar-refractivity contribution in [3.8, 4) is 21.1 Å². The Kier molecular flexibility index (Phi) is 2.86. The summed E-state index contributed by atoms with van der Waals surface area (Å²) < 4.78 is 1.48. The molecule has 0 fully saturated rings. The highest BCUT2D eigenvalue weighted by atomic mass is 32.1. The molecule has 4 heterocycles. The number of aromatic nitrogens is 6. The lowest BCUT2D eigenvalue weighted by molar-refractivity contribution is 0.739.